The van der Waals surface area contributed by atoms with Gasteiger partial charge in [-0.3, -0.25) is 9.52 Å². The number of likely N-dealkylation sites (tertiary alicyclic amines) is 1. The molecule has 0 aromatic heterocycles. The molecule has 26 heavy (non-hydrogen) atoms. The Morgan fingerprint density at radius 1 is 1.15 bits per heavy atom. The van der Waals surface area contributed by atoms with Gasteiger partial charge in [-0.2, -0.15) is 0 Å². The lowest BCUT2D eigenvalue weighted by atomic mass is 10.2. The number of nitrogens with one attached hydrogen (secondary N) is 1. The van der Waals surface area contributed by atoms with Crippen molar-refractivity contribution in [1.82, 2.24) is 4.90 Å². The number of rotatable bonds is 5. The van der Waals surface area contributed by atoms with Gasteiger partial charge >= 0.3 is 0 Å². The third-order valence-corrected chi connectivity index (χ3v) is 6.36. The van der Waals surface area contributed by atoms with Crippen molar-refractivity contribution in [3.8, 4) is 0 Å². The van der Waals surface area contributed by atoms with Gasteiger partial charge in [-0.05, 0) is 55.5 Å². The molecule has 0 bridgehead atoms. The second-order valence-corrected chi connectivity index (χ2v) is 8.51. The molecule has 1 aliphatic heterocycles. The average Bonchev–Trinajstić information content (AvgIpc) is 3.14. The van der Waals surface area contributed by atoms with Crippen LogP contribution in [0.3, 0.4) is 0 Å². The smallest absolute Gasteiger partial charge is 0.261 e. The lowest BCUT2D eigenvalue weighted by molar-refractivity contribution is 0.0789. The highest BCUT2D eigenvalue weighted by Crippen LogP contribution is 2.27. The van der Waals surface area contributed by atoms with Crippen molar-refractivity contribution in [2.24, 2.45) is 0 Å². The summed E-state index contributed by atoms with van der Waals surface area (Å²) in [5, 5.41) is 0. The number of carbonyl (C=O) groups excluding carboxylic acids is 1. The quantitative estimate of drug-likeness (QED) is 0.787. The van der Waals surface area contributed by atoms with Crippen molar-refractivity contribution in [3.05, 3.63) is 53.8 Å². The summed E-state index contributed by atoms with van der Waals surface area (Å²) in [4.78, 5) is 15.2. The zero-order valence-corrected chi connectivity index (χ0v) is 15.9. The third kappa shape index (κ3) is 4.02. The van der Waals surface area contributed by atoms with E-state index in [2.05, 4.69) is 4.72 Å². The van der Waals surface area contributed by atoms with Gasteiger partial charge in [0, 0.05) is 18.0 Å². The highest BCUT2D eigenvalue weighted by molar-refractivity contribution is 7.98. The van der Waals surface area contributed by atoms with E-state index in [1.54, 1.807) is 11.0 Å². The van der Waals surface area contributed by atoms with Crippen LogP contribution in [0.5, 0.6) is 0 Å². The zero-order chi connectivity index (χ0) is 18.7. The van der Waals surface area contributed by atoms with Crippen molar-refractivity contribution >= 4 is 33.4 Å². The number of halogens is 1. The first-order valence-corrected chi connectivity index (χ1v) is 10.9. The molecule has 0 saturated carbocycles. The number of sulfonamides is 1. The molecule has 1 heterocycles. The van der Waals surface area contributed by atoms with Gasteiger partial charge in [-0.15, -0.1) is 11.8 Å². The SMILES string of the molecule is CSc1ccc(S(=O)(=O)Nc2cccc(F)c2)cc1C(=O)N1CCCC1. The van der Waals surface area contributed by atoms with E-state index in [0.717, 1.165) is 23.8 Å². The van der Waals surface area contributed by atoms with Crippen molar-refractivity contribution in [2.45, 2.75) is 22.6 Å². The first kappa shape index (κ1) is 18.7. The number of hydrogen-bond acceptors (Lipinski definition) is 4. The highest BCUT2D eigenvalue weighted by Gasteiger charge is 2.24. The van der Waals surface area contributed by atoms with Gasteiger partial charge in [0.2, 0.25) is 0 Å². The Morgan fingerprint density at radius 3 is 2.54 bits per heavy atom. The van der Waals surface area contributed by atoms with Gasteiger partial charge < -0.3 is 4.90 Å². The molecule has 1 aliphatic rings. The van der Waals surface area contributed by atoms with Gasteiger partial charge in [-0.1, -0.05) is 6.07 Å². The Labute approximate surface area is 156 Å². The maximum Gasteiger partial charge on any atom is 0.261 e. The van der Waals surface area contributed by atoms with Crippen LogP contribution in [0.2, 0.25) is 0 Å². The van der Waals surface area contributed by atoms with Crippen LogP contribution >= 0.6 is 11.8 Å². The van der Waals surface area contributed by atoms with Crippen LogP contribution in [0.4, 0.5) is 10.1 Å². The summed E-state index contributed by atoms with van der Waals surface area (Å²) in [6.45, 7) is 1.37. The van der Waals surface area contributed by atoms with Crippen LogP contribution in [0.1, 0.15) is 23.2 Å². The molecule has 0 spiro atoms. The summed E-state index contributed by atoms with van der Waals surface area (Å²) in [7, 11) is -3.93. The predicted molar refractivity (Wildman–Crippen MR) is 101 cm³/mol. The minimum Gasteiger partial charge on any atom is -0.339 e. The molecule has 1 fully saturated rings. The molecule has 1 amide bonds. The molecular formula is C18H19FN2O3S2. The maximum atomic E-state index is 13.3. The van der Waals surface area contributed by atoms with Crippen LogP contribution < -0.4 is 4.72 Å². The molecule has 5 nitrogen and oxygen atoms in total. The Morgan fingerprint density at radius 2 is 1.88 bits per heavy atom. The summed E-state index contributed by atoms with van der Waals surface area (Å²) in [5.41, 5.74) is 0.507. The first-order valence-electron chi connectivity index (χ1n) is 8.16. The average molecular weight is 394 g/mol. The lowest BCUT2D eigenvalue weighted by Crippen LogP contribution is -2.28. The number of thioether (sulfide) groups is 1. The second-order valence-electron chi connectivity index (χ2n) is 5.98. The van der Waals surface area contributed by atoms with Gasteiger partial charge in [-0.25, -0.2) is 12.8 Å². The Balaban J connectivity index is 1.94. The highest BCUT2D eigenvalue weighted by atomic mass is 32.2. The van der Waals surface area contributed by atoms with Crippen LogP contribution in [-0.2, 0) is 10.0 Å². The van der Waals surface area contributed by atoms with Crippen LogP contribution in [0.25, 0.3) is 0 Å². The normalized spacial score (nSPS) is 14.5. The zero-order valence-electron chi connectivity index (χ0n) is 14.2. The Bertz CT molecular complexity index is 926. The van der Waals surface area contributed by atoms with Crippen LogP contribution in [-0.4, -0.2) is 38.6 Å². The number of benzene rings is 2. The van der Waals surface area contributed by atoms with Crippen molar-refractivity contribution in [1.29, 1.82) is 0 Å². The molecule has 3 rings (SSSR count). The monoisotopic (exact) mass is 394 g/mol. The van der Waals surface area contributed by atoms with Gasteiger partial charge in [0.25, 0.3) is 15.9 Å². The summed E-state index contributed by atoms with van der Waals surface area (Å²) in [5.74, 6) is -0.692. The van der Waals surface area contributed by atoms with E-state index in [1.807, 2.05) is 6.26 Å². The minimum absolute atomic E-state index is 0.0258. The molecule has 138 valence electrons. The summed E-state index contributed by atoms with van der Waals surface area (Å²) in [6.07, 6.45) is 3.76. The Hall–Kier alpha value is -2.06. The Kier molecular flexibility index (Phi) is 5.52. The summed E-state index contributed by atoms with van der Waals surface area (Å²) < 4.78 is 40.9. The fourth-order valence-electron chi connectivity index (χ4n) is 2.88. The molecule has 1 saturated heterocycles. The molecular weight excluding hydrogens is 375 g/mol. The molecule has 0 unspecified atom stereocenters. The minimum atomic E-state index is -3.93. The van der Waals surface area contributed by atoms with Gasteiger partial charge in [0.15, 0.2) is 0 Å². The van der Waals surface area contributed by atoms with E-state index in [4.69, 9.17) is 0 Å². The molecule has 0 atom stereocenters. The van der Waals surface area contributed by atoms with Gasteiger partial charge in [0.1, 0.15) is 5.82 Å². The van der Waals surface area contributed by atoms with E-state index in [1.165, 1.54) is 42.1 Å². The lowest BCUT2D eigenvalue weighted by Gasteiger charge is -2.18. The van der Waals surface area contributed by atoms with E-state index in [-0.39, 0.29) is 16.5 Å². The second kappa shape index (κ2) is 7.67. The number of nitrogens with zero attached hydrogens (tertiary/aromatic N) is 1. The van der Waals surface area contributed by atoms with Crippen molar-refractivity contribution in [2.75, 3.05) is 24.1 Å². The van der Waals surface area contributed by atoms with Crippen molar-refractivity contribution in [3.63, 3.8) is 0 Å². The standard InChI is InChI=1S/C18H19FN2O3S2/c1-25-17-8-7-15(12-16(17)18(22)21-9-2-3-10-21)26(23,24)20-14-6-4-5-13(19)11-14/h4-8,11-12,20H,2-3,9-10H2,1H3. The molecule has 0 radical (unpaired) electrons. The first-order chi connectivity index (χ1) is 12.4. The summed E-state index contributed by atoms with van der Waals surface area (Å²) >= 11 is 1.40. The molecule has 8 heteroatoms. The van der Waals surface area contributed by atoms with Crippen LogP contribution in [0, 0.1) is 5.82 Å². The molecule has 2 aromatic rings. The van der Waals surface area contributed by atoms with E-state index >= 15 is 0 Å². The fraction of sp³-hybridized carbons (Fsp3) is 0.278. The van der Waals surface area contributed by atoms with E-state index < -0.39 is 15.8 Å². The maximum absolute atomic E-state index is 13.3. The topological polar surface area (TPSA) is 66.5 Å². The molecule has 2 aromatic carbocycles. The van der Waals surface area contributed by atoms with E-state index in [9.17, 15) is 17.6 Å². The number of carbonyl (C=O) groups is 1. The van der Waals surface area contributed by atoms with Crippen molar-refractivity contribution < 1.29 is 17.6 Å². The number of anilines is 1. The molecule has 0 aliphatic carbocycles. The molecule has 1 N–H and O–H groups in total. The predicted octanol–water partition coefficient (Wildman–Crippen LogP) is 3.58. The van der Waals surface area contributed by atoms with Crippen LogP contribution in [0.15, 0.2) is 52.3 Å². The number of amides is 1. The van der Waals surface area contributed by atoms with E-state index in [0.29, 0.717) is 18.7 Å². The largest absolute Gasteiger partial charge is 0.339 e. The van der Waals surface area contributed by atoms with Gasteiger partial charge in [0.05, 0.1) is 16.1 Å². The summed E-state index contributed by atoms with van der Waals surface area (Å²) in [6, 6.07) is 9.71. The number of hydrogen-bond donors (Lipinski definition) is 1. The fourth-order valence-corrected chi connectivity index (χ4v) is 4.52. The third-order valence-electron chi connectivity index (χ3n) is 4.18.